The second kappa shape index (κ2) is 9.16. The van der Waals surface area contributed by atoms with Gasteiger partial charge in [0.15, 0.2) is 0 Å². The zero-order chi connectivity index (χ0) is 21.1. The SMILES string of the molecule is COC(=O)c1cccc(S)c1-c1ccc(C(C)C)cc1C=N[S+]([O-])C(C)(C)C. The molecule has 0 aliphatic rings. The van der Waals surface area contributed by atoms with Gasteiger partial charge in [-0.2, -0.15) is 0 Å². The van der Waals surface area contributed by atoms with Crippen molar-refractivity contribution in [3.63, 3.8) is 0 Å². The summed E-state index contributed by atoms with van der Waals surface area (Å²) >= 11 is 3.19. The molecule has 1 atom stereocenters. The first-order valence-corrected chi connectivity index (χ1v) is 10.6. The Morgan fingerprint density at radius 3 is 2.50 bits per heavy atom. The van der Waals surface area contributed by atoms with Gasteiger partial charge >= 0.3 is 5.97 Å². The number of ether oxygens (including phenoxy) is 1. The van der Waals surface area contributed by atoms with Crippen LogP contribution in [0.15, 0.2) is 45.7 Å². The van der Waals surface area contributed by atoms with Crippen LogP contribution in [0.4, 0.5) is 0 Å². The summed E-state index contributed by atoms with van der Waals surface area (Å²) in [5.41, 5.74) is 3.82. The van der Waals surface area contributed by atoms with Crippen LogP contribution in [0.5, 0.6) is 0 Å². The van der Waals surface area contributed by atoms with Crippen LogP contribution in [-0.2, 0) is 16.1 Å². The largest absolute Gasteiger partial charge is 0.591 e. The van der Waals surface area contributed by atoms with Gasteiger partial charge in [-0.1, -0.05) is 36.4 Å². The Bertz CT molecular complexity index is 886. The number of carbonyl (C=O) groups is 1. The number of methoxy groups -OCH3 is 1. The molecule has 2 rings (SSSR count). The lowest BCUT2D eigenvalue weighted by Gasteiger charge is -2.18. The molecular formula is C22H27NO3S2. The third-order valence-corrected chi connectivity index (χ3v) is 5.99. The molecule has 0 amide bonds. The minimum atomic E-state index is -1.38. The van der Waals surface area contributed by atoms with Crippen LogP contribution in [0.3, 0.4) is 0 Å². The fourth-order valence-corrected chi connectivity index (χ4v) is 3.49. The summed E-state index contributed by atoms with van der Waals surface area (Å²) in [4.78, 5) is 13.0. The second-order valence-electron chi connectivity index (χ2n) is 7.79. The van der Waals surface area contributed by atoms with Crippen molar-refractivity contribution in [1.29, 1.82) is 0 Å². The van der Waals surface area contributed by atoms with Crippen molar-refractivity contribution in [3.8, 4) is 11.1 Å². The minimum absolute atomic E-state index is 0.320. The number of benzene rings is 2. The molecule has 0 aliphatic carbocycles. The van der Waals surface area contributed by atoms with Crippen LogP contribution in [0.2, 0.25) is 0 Å². The Morgan fingerprint density at radius 2 is 1.93 bits per heavy atom. The molecule has 28 heavy (non-hydrogen) atoms. The Kier molecular flexibility index (Phi) is 7.37. The standard InChI is InChI=1S/C22H27NO3S2/c1-14(2)15-10-11-17(16(12-15)13-23-28(25)22(3,4)5)20-18(21(24)26-6)8-7-9-19(20)27/h7-14,27H,1-6H3. The Labute approximate surface area is 176 Å². The van der Waals surface area contributed by atoms with E-state index in [1.54, 1.807) is 18.3 Å². The van der Waals surface area contributed by atoms with E-state index in [2.05, 4.69) is 30.9 Å². The van der Waals surface area contributed by atoms with Crippen LogP contribution in [0, 0.1) is 0 Å². The fourth-order valence-electron chi connectivity index (χ4n) is 2.64. The van der Waals surface area contributed by atoms with Crippen molar-refractivity contribution in [1.82, 2.24) is 0 Å². The quantitative estimate of drug-likeness (QED) is 0.305. The molecule has 2 aromatic carbocycles. The van der Waals surface area contributed by atoms with Gasteiger partial charge in [-0.05, 0) is 56.0 Å². The molecule has 0 N–H and O–H groups in total. The summed E-state index contributed by atoms with van der Waals surface area (Å²) in [7, 11) is 1.36. The van der Waals surface area contributed by atoms with E-state index >= 15 is 0 Å². The first-order chi connectivity index (χ1) is 13.1. The van der Waals surface area contributed by atoms with Crippen molar-refractivity contribution in [2.75, 3.05) is 7.11 Å². The topological polar surface area (TPSA) is 61.7 Å². The van der Waals surface area contributed by atoms with Gasteiger partial charge in [0.2, 0.25) is 0 Å². The molecule has 0 saturated heterocycles. The molecule has 0 heterocycles. The molecule has 150 valence electrons. The lowest BCUT2D eigenvalue weighted by molar-refractivity contribution is 0.0601. The highest BCUT2D eigenvalue weighted by Gasteiger charge is 2.26. The summed E-state index contributed by atoms with van der Waals surface area (Å²) in [6, 6.07) is 11.3. The van der Waals surface area contributed by atoms with Gasteiger partial charge in [0.05, 0.1) is 18.9 Å². The van der Waals surface area contributed by atoms with Gasteiger partial charge in [-0.15, -0.1) is 12.6 Å². The maximum atomic E-state index is 12.4. The lowest BCUT2D eigenvalue weighted by Crippen LogP contribution is -2.25. The molecular weight excluding hydrogens is 390 g/mol. The molecule has 0 saturated carbocycles. The first-order valence-electron chi connectivity index (χ1n) is 9.07. The van der Waals surface area contributed by atoms with Crippen molar-refractivity contribution in [2.24, 2.45) is 4.40 Å². The third-order valence-electron chi connectivity index (χ3n) is 4.27. The summed E-state index contributed by atoms with van der Waals surface area (Å²) in [5, 5.41) is 0. The molecule has 6 heteroatoms. The van der Waals surface area contributed by atoms with Crippen molar-refractivity contribution >= 4 is 36.2 Å². The van der Waals surface area contributed by atoms with E-state index in [0.717, 1.165) is 16.7 Å². The molecule has 0 bridgehead atoms. The van der Waals surface area contributed by atoms with Crippen LogP contribution < -0.4 is 0 Å². The minimum Gasteiger partial charge on any atom is -0.591 e. The zero-order valence-corrected chi connectivity index (χ0v) is 18.9. The van der Waals surface area contributed by atoms with Gasteiger partial charge in [-0.3, -0.25) is 0 Å². The van der Waals surface area contributed by atoms with Gasteiger partial charge in [0, 0.05) is 16.0 Å². The molecule has 0 aliphatic heterocycles. The summed E-state index contributed by atoms with van der Waals surface area (Å²) < 4.78 is 21.2. The predicted molar refractivity (Wildman–Crippen MR) is 120 cm³/mol. The van der Waals surface area contributed by atoms with Gasteiger partial charge in [0.25, 0.3) is 0 Å². The van der Waals surface area contributed by atoms with E-state index < -0.39 is 22.1 Å². The average molecular weight is 418 g/mol. The number of nitrogens with zero attached hydrogens (tertiary/aromatic N) is 1. The fraction of sp³-hybridized carbons (Fsp3) is 0.364. The smallest absolute Gasteiger partial charge is 0.338 e. The summed E-state index contributed by atoms with van der Waals surface area (Å²) in [6.45, 7) is 9.85. The molecule has 0 aromatic heterocycles. The van der Waals surface area contributed by atoms with E-state index in [9.17, 15) is 9.35 Å². The first kappa shape index (κ1) is 22.5. The second-order valence-corrected chi connectivity index (χ2v) is 10.2. The van der Waals surface area contributed by atoms with Crippen molar-refractivity contribution < 1.29 is 14.1 Å². The van der Waals surface area contributed by atoms with E-state index in [4.69, 9.17) is 4.74 Å². The van der Waals surface area contributed by atoms with Crippen LogP contribution in [0.1, 0.15) is 62.0 Å². The highest BCUT2D eigenvalue weighted by Crippen LogP contribution is 2.34. The normalized spacial score (nSPS) is 13.2. The summed E-state index contributed by atoms with van der Waals surface area (Å²) in [6.07, 6.45) is 1.63. The Morgan fingerprint density at radius 1 is 1.25 bits per heavy atom. The van der Waals surface area contributed by atoms with Gasteiger partial charge in [-0.25, -0.2) is 4.79 Å². The highest BCUT2D eigenvalue weighted by molar-refractivity contribution is 7.91. The number of carbonyl (C=O) groups excluding carboxylic acids is 1. The maximum absolute atomic E-state index is 12.4. The molecule has 0 spiro atoms. The molecule has 0 fully saturated rings. The van der Waals surface area contributed by atoms with Crippen molar-refractivity contribution in [2.45, 2.75) is 50.2 Å². The molecule has 2 aromatic rings. The average Bonchev–Trinajstić information content (AvgIpc) is 2.64. The zero-order valence-electron chi connectivity index (χ0n) is 17.1. The van der Waals surface area contributed by atoms with Crippen LogP contribution >= 0.6 is 12.6 Å². The number of thiol groups is 1. The Balaban J connectivity index is 2.69. The number of rotatable bonds is 5. The van der Waals surface area contributed by atoms with E-state index in [1.165, 1.54) is 7.11 Å². The monoisotopic (exact) mass is 417 g/mol. The predicted octanol–water partition coefficient (Wildman–Crippen LogP) is 5.43. The van der Waals surface area contributed by atoms with E-state index in [1.807, 2.05) is 45.0 Å². The van der Waals surface area contributed by atoms with Crippen LogP contribution in [0.25, 0.3) is 11.1 Å². The molecule has 1 unspecified atom stereocenters. The van der Waals surface area contributed by atoms with Gasteiger partial charge in [0.1, 0.15) is 16.1 Å². The highest BCUT2D eigenvalue weighted by atomic mass is 32.2. The molecule has 4 nitrogen and oxygen atoms in total. The van der Waals surface area contributed by atoms with E-state index in [0.29, 0.717) is 21.9 Å². The maximum Gasteiger partial charge on any atom is 0.338 e. The van der Waals surface area contributed by atoms with Gasteiger partial charge < -0.3 is 9.29 Å². The van der Waals surface area contributed by atoms with E-state index in [-0.39, 0.29) is 0 Å². The van der Waals surface area contributed by atoms with Crippen molar-refractivity contribution in [3.05, 3.63) is 53.1 Å². The number of hydrogen-bond acceptors (Lipinski definition) is 5. The summed E-state index contributed by atoms with van der Waals surface area (Å²) in [5.74, 6) is -0.111. The third kappa shape index (κ3) is 5.19. The van der Waals surface area contributed by atoms with Crippen LogP contribution in [-0.4, -0.2) is 28.6 Å². The number of esters is 1. The Hall–Kier alpha value is -1.76. The molecule has 0 radical (unpaired) electrons. The lowest BCUT2D eigenvalue weighted by atomic mass is 9.91. The number of hydrogen-bond donors (Lipinski definition) is 1.